The number of hydrogen-bond acceptors (Lipinski definition) is 4. The Labute approximate surface area is 147 Å². The van der Waals surface area contributed by atoms with Crippen LogP contribution in [0.3, 0.4) is 0 Å². The summed E-state index contributed by atoms with van der Waals surface area (Å²) in [6.07, 6.45) is 5.29. The molecule has 1 atom stereocenters. The lowest BCUT2D eigenvalue weighted by molar-refractivity contribution is -0.0983. The molecule has 4 rings (SSSR count). The van der Waals surface area contributed by atoms with Crippen molar-refractivity contribution in [3.05, 3.63) is 30.5 Å². The van der Waals surface area contributed by atoms with Crippen molar-refractivity contribution in [2.24, 2.45) is 5.41 Å². The first-order valence-corrected chi connectivity index (χ1v) is 10.5. The number of para-hydroxylation sites is 1. The van der Waals surface area contributed by atoms with E-state index in [0.717, 1.165) is 49.8 Å². The molecule has 25 heavy (non-hydrogen) atoms. The van der Waals surface area contributed by atoms with Gasteiger partial charge in [0, 0.05) is 30.3 Å². The van der Waals surface area contributed by atoms with Crippen molar-refractivity contribution in [2.45, 2.75) is 31.8 Å². The van der Waals surface area contributed by atoms with E-state index < -0.39 is 10.0 Å². The van der Waals surface area contributed by atoms with Gasteiger partial charge in [0.15, 0.2) is 0 Å². The first-order valence-electron chi connectivity index (χ1n) is 8.81. The van der Waals surface area contributed by atoms with E-state index in [2.05, 4.69) is 9.71 Å². The molecule has 2 aromatic rings. The quantitative estimate of drug-likeness (QED) is 0.874. The number of hydrogen-bond donors (Lipinski definition) is 2. The molecular formula is C18H24N2O4S. The second kappa shape index (κ2) is 6.63. The number of aromatic amines is 1. The van der Waals surface area contributed by atoms with Gasteiger partial charge in [-0.25, -0.2) is 8.42 Å². The number of fused-ring (bicyclic) bond motifs is 1. The van der Waals surface area contributed by atoms with Crippen LogP contribution in [0, 0.1) is 5.41 Å². The summed E-state index contributed by atoms with van der Waals surface area (Å²) < 4.78 is 39.2. The number of benzene rings is 1. The molecule has 2 N–H and O–H groups in total. The Bertz CT molecular complexity index is 830. The lowest BCUT2D eigenvalue weighted by Gasteiger charge is -2.42. The van der Waals surface area contributed by atoms with Crippen LogP contribution in [0.25, 0.3) is 10.9 Å². The van der Waals surface area contributed by atoms with E-state index in [1.807, 2.05) is 24.3 Å². The highest BCUT2D eigenvalue weighted by molar-refractivity contribution is 7.92. The van der Waals surface area contributed by atoms with Crippen molar-refractivity contribution in [1.29, 1.82) is 0 Å². The summed E-state index contributed by atoms with van der Waals surface area (Å²) >= 11 is 0. The Morgan fingerprint density at radius 2 is 2.00 bits per heavy atom. The fourth-order valence-electron chi connectivity index (χ4n) is 3.86. The molecule has 2 fully saturated rings. The maximum Gasteiger partial charge on any atom is 0.235 e. The van der Waals surface area contributed by atoms with Crippen LogP contribution < -0.4 is 4.72 Å². The van der Waals surface area contributed by atoms with E-state index in [9.17, 15) is 8.42 Å². The van der Waals surface area contributed by atoms with Crippen LogP contribution in [0.15, 0.2) is 30.5 Å². The van der Waals surface area contributed by atoms with Crippen LogP contribution >= 0.6 is 0 Å². The average molecular weight is 364 g/mol. The first-order chi connectivity index (χ1) is 12.1. The maximum atomic E-state index is 12.6. The summed E-state index contributed by atoms with van der Waals surface area (Å²) in [6, 6.07) is 7.63. The molecule has 2 aliphatic rings. The third-order valence-corrected chi connectivity index (χ3v) is 6.78. The molecule has 2 saturated heterocycles. The topological polar surface area (TPSA) is 80.4 Å². The van der Waals surface area contributed by atoms with Gasteiger partial charge in [0.2, 0.25) is 10.0 Å². The summed E-state index contributed by atoms with van der Waals surface area (Å²) in [7, 11) is -3.46. The molecule has 0 radical (unpaired) electrons. The molecule has 3 heterocycles. The molecule has 136 valence electrons. The van der Waals surface area contributed by atoms with Crippen molar-refractivity contribution in [1.82, 2.24) is 4.98 Å². The zero-order valence-electron chi connectivity index (χ0n) is 14.2. The summed E-state index contributed by atoms with van der Waals surface area (Å²) in [5.41, 5.74) is 1.70. The van der Waals surface area contributed by atoms with E-state index in [1.54, 1.807) is 6.20 Å². The minimum atomic E-state index is -3.46. The summed E-state index contributed by atoms with van der Waals surface area (Å²) in [5.74, 6) is -0.000906. The van der Waals surface area contributed by atoms with E-state index in [-0.39, 0.29) is 17.3 Å². The number of H-pyrrole nitrogens is 1. The van der Waals surface area contributed by atoms with Gasteiger partial charge in [-0.2, -0.15) is 0 Å². The minimum absolute atomic E-state index is 0.000906. The number of ether oxygens (including phenoxy) is 2. The van der Waals surface area contributed by atoms with Gasteiger partial charge in [0.1, 0.15) is 0 Å². The largest absolute Gasteiger partial charge is 0.381 e. The van der Waals surface area contributed by atoms with Crippen LogP contribution in [0.5, 0.6) is 0 Å². The van der Waals surface area contributed by atoms with Crippen LogP contribution in [0.1, 0.15) is 25.7 Å². The molecule has 0 saturated carbocycles. The van der Waals surface area contributed by atoms with Crippen LogP contribution in [-0.4, -0.2) is 45.1 Å². The maximum absolute atomic E-state index is 12.6. The Morgan fingerprint density at radius 1 is 1.20 bits per heavy atom. The number of rotatable bonds is 4. The van der Waals surface area contributed by atoms with E-state index in [1.165, 1.54) is 0 Å². The van der Waals surface area contributed by atoms with Gasteiger partial charge in [-0.1, -0.05) is 18.2 Å². The molecule has 2 aliphatic heterocycles. The van der Waals surface area contributed by atoms with Gasteiger partial charge < -0.3 is 14.5 Å². The predicted molar refractivity (Wildman–Crippen MR) is 97.2 cm³/mol. The Hall–Kier alpha value is -1.57. The summed E-state index contributed by atoms with van der Waals surface area (Å²) in [6.45, 7) is 2.21. The van der Waals surface area contributed by atoms with Crippen molar-refractivity contribution in [3.63, 3.8) is 0 Å². The second-order valence-corrected chi connectivity index (χ2v) is 8.98. The molecule has 1 spiro atoms. The number of anilines is 1. The third-order valence-electron chi connectivity index (χ3n) is 5.44. The lowest BCUT2D eigenvalue weighted by Crippen LogP contribution is -2.42. The van der Waals surface area contributed by atoms with Crippen molar-refractivity contribution < 1.29 is 17.9 Å². The van der Waals surface area contributed by atoms with Gasteiger partial charge in [0.25, 0.3) is 0 Å². The zero-order valence-corrected chi connectivity index (χ0v) is 15.0. The standard InChI is InChI=1S/C18H24N2O4S/c21-25(22,20-17-11-19-16-4-2-1-3-15(16)17)12-14-5-6-18(13-24-14)7-9-23-10-8-18/h1-4,11,14,19-20H,5-10,12-13H2. The van der Waals surface area contributed by atoms with Gasteiger partial charge in [0.05, 0.1) is 24.2 Å². The molecule has 1 aromatic heterocycles. The van der Waals surface area contributed by atoms with E-state index >= 15 is 0 Å². The van der Waals surface area contributed by atoms with E-state index in [4.69, 9.17) is 9.47 Å². The highest BCUT2D eigenvalue weighted by Gasteiger charge is 2.38. The molecule has 6 nitrogen and oxygen atoms in total. The molecular weight excluding hydrogens is 340 g/mol. The smallest absolute Gasteiger partial charge is 0.235 e. The summed E-state index contributed by atoms with van der Waals surface area (Å²) in [5, 5.41) is 0.872. The van der Waals surface area contributed by atoms with Gasteiger partial charge >= 0.3 is 0 Å². The Morgan fingerprint density at radius 3 is 2.76 bits per heavy atom. The normalized spacial score (nSPS) is 23.8. The molecule has 1 aromatic carbocycles. The monoisotopic (exact) mass is 364 g/mol. The Balaban J connectivity index is 1.39. The van der Waals surface area contributed by atoms with Crippen molar-refractivity contribution in [2.75, 3.05) is 30.3 Å². The third kappa shape index (κ3) is 3.68. The second-order valence-electron chi connectivity index (χ2n) is 7.22. The molecule has 0 bridgehead atoms. The molecule has 0 amide bonds. The molecule has 7 heteroatoms. The highest BCUT2D eigenvalue weighted by atomic mass is 32.2. The average Bonchev–Trinajstić information content (AvgIpc) is 3.00. The first kappa shape index (κ1) is 16.9. The molecule has 0 aliphatic carbocycles. The van der Waals surface area contributed by atoms with E-state index in [0.29, 0.717) is 12.3 Å². The van der Waals surface area contributed by atoms with Crippen LogP contribution in [-0.2, 0) is 19.5 Å². The minimum Gasteiger partial charge on any atom is -0.381 e. The van der Waals surface area contributed by atoms with Crippen molar-refractivity contribution >= 4 is 26.6 Å². The fourth-order valence-corrected chi connectivity index (χ4v) is 5.20. The van der Waals surface area contributed by atoms with Crippen LogP contribution in [0.4, 0.5) is 5.69 Å². The zero-order chi connectivity index (χ0) is 17.3. The van der Waals surface area contributed by atoms with Crippen molar-refractivity contribution in [3.8, 4) is 0 Å². The van der Waals surface area contributed by atoms with Gasteiger partial charge in [-0.05, 0) is 37.2 Å². The SMILES string of the molecule is O=S(=O)(CC1CCC2(CCOCC2)CO1)Nc1c[nH]c2ccccc12. The number of sulfonamides is 1. The van der Waals surface area contributed by atoms with Gasteiger partial charge in [-0.15, -0.1) is 0 Å². The van der Waals surface area contributed by atoms with Gasteiger partial charge in [-0.3, -0.25) is 4.72 Å². The highest BCUT2D eigenvalue weighted by Crippen LogP contribution is 2.40. The summed E-state index contributed by atoms with van der Waals surface area (Å²) in [4.78, 5) is 3.08. The fraction of sp³-hybridized carbons (Fsp3) is 0.556. The number of nitrogens with one attached hydrogen (secondary N) is 2. The lowest BCUT2D eigenvalue weighted by atomic mass is 9.75. The Kier molecular flexibility index (Phi) is 4.47. The number of aromatic nitrogens is 1. The molecule has 1 unspecified atom stereocenters. The van der Waals surface area contributed by atoms with Crippen LogP contribution in [0.2, 0.25) is 0 Å². The predicted octanol–water partition coefficient (Wildman–Crippen LogP) is 2.89.